The molecule has 2 fully saturated rings. The van der Waals surface area contributed by atoms with Gasteiger partial charge in [-0.05, 0) is 75.0 Å². The average molecular weight is 467 g/mol. The van der Waals surface area contributed by atoms with E-state index in [1.807, 2.05) is 68.4 Å². The largest absolute Gasteiger partial charge is 0.325 e. The van der Waals surface area contributed by atoms with Gasteiger partial charge >= 0.3 is 0 Å². The van der Waals surface area contributed by atoms with Crippen LogP contribution in [0.15, 0.2) is 54.6 Å². The zero-order valence-corrected chi connectivity index (χ0v) is 20.1. The van der Waals surface area contributed by atoms with Crippen molar-refractivity contribution in [3.05, 3.63) is 71.8 Å². The number of nitrogens with one attached hydrogen (secondary N) is 3. The topological polar surface area (TPSA) is 99.3 Å². The van der Waals surface area contributed by atoms with Crippen LogP contribution in [-0.2, 0) is 4.79 Å². The molecule has 2 aliphatic rings. The Kier molecular flexibility index (Phi) is 5.47. The number of amides is 1. The van der Waals surface area contributed by atoms with Gasteiger partial charge in [0.05, 0.1) is 5.69 Å². The smallest absolute Gasteiger partial charge is 0.235 e. The first-order valence-corrected chi connectivity index (χ1v) is 12.5. The summed E-state index contributed by atoms with van der Waals surface area (Å²) in [7, 11) is 0. The summed E-state index contributed by atoms with van der Waals surface area (Å²) in [5, 5.41) is 18.1. The zero-order valence-electron chi connectivity index (χ0n) is 20.1. The number of carbonyl (C=O) groups is 1. The summed E-state index contributed by atoms with van der Waals surface area (Å²) in [4.78, 5) is 18.6. The second kappa shape index (κ2) is 8.80. The van der Waals surface area contributed by atoms with Gasteiger partial charge in [0, 0.05) is 22.5 Å². The van der Waals surface area contributed by atoms with Crippen molar-refractivity contribution >= 4 is 11.6 Å². The van der Waals surface area contributed by atoms with Crippen LogP contribution in [0.3, 0.4) is 0 Å². The highest BCUT2D eigenvalue weighted by molar-refractivity contribution is 5.96. The Hall–Kier alpha value is -3.74. The molecule has 0 spiro atoms. The van der Waals surface area contributed by atoms with Crippen LogP contribution in [0.25, 0.3) is 22.5 Å². The molecule has 1 unspecified atom stereocenters. The fraction of sp³-hybridized carbons (Fsp3) is 0.357. The zero-order chi connectivity index (χ0) is 23.9. The lowest BCUT2D eigenvalue weighted by Gasteiger charge is -2.24. The number of anilines is 1. The van der Waals surface area contributed by atoms with E-state index in [0.717, 1.165) is 33.8 Å². The Labute approximate surface area is 204 Å². The molecule has 0 radical (unpaired) electrons. The van der Waals surface area contributed by atoms with Crippen LogP contribution >= 0.6 is 0 Å². The van der Waals surface area contributed by atoms with Crippen LogP contribution in [0.5, 0.6) is 0 Å². The number of hydrogen-bond donors (Lipinski definition) is 3. The van der Waals surface area contributed by atoms with E-state index >= 15 is 0 Å². The molecule has 2 saturated carbocycles. The van der Waals surface area contributed by atoms with Gasteiger partial charge in [0.25, 0.3) is 0 Å². The summed E-state index contributed by atoms with van der Waals surface area (Å²) < 4.78 is 0. The Morgan fingerprint density at radius 3 is 2.17 bits per heavy atom. The average Bonchev–Trinajstić information content (AvgIpc) is 3.81. The van der Waals surface area contributed by atoms with E-state index in [-0.39, 0.29) is 11.8 Å². The molecular weight excluding hydrogens is 436 g/mol. The lowest BCUT2D eigenvalue weighted by Crippen LogP contribution is -2.31. The number of hydrogen-bond acceptors (Lipinski definition) is 4. The van der Waals surface area contributed by atoms with Crippen molar-refractivity contribution in [2.75, 3.05) is 5.32 Å². The van der Waals surface area contributed by atoms with Crippen LogP contribution < -0.4 is 5.32 Å². The van der Waals surface area contributed by atoms with Crippen LogP contribution in [0.2, 0.25) is 0 Å². The van der Waals surface area contributed by atoms with E-state index in [1.54, 1.807) is 0 Å². The summed E-state index contributed by atoms with van der Waals surface area (Å²) in [5.41, 5.74) is 5.93. The first-order chi connectivity index (χ1) is 17.1. The van der Waals surface area contributed by atoms with Crippen molar-refractivity contribution in [3.8, 4) is 22.5 Å². The lowest BCUT2D eigenvalue weighted by atomic mass is 9.82. The van der Waals surface area contributed by atoms with Crippen LogP contribution in [0.4, 0.5) is 5.69 Å². The molecule has 0 saturated heterocycles. The molecule has 178 valence electrons. The predicted molar refractivity (Wildman–Crippen MR) is 136 cm³/mol. The highest BCUT2D eigenvalue weighted by Crippen LogP contribution is 2.54. The Bertz CT molecular complexity index is 1300. The van der Waals surface area contributed by atoms with Crippen LogP contribution in [-0.4, -0.2) is 31.3 Å². The molecule has 3 N–H and O–H groups in total. The summed E-state index contributed by atoms with van der Waals surface area (Å²) in [5.74, 6) is 2.47. The van der Waals surface area contributed by atoms with Crippen LogP contribution in [0.1, 0.15) is 48.8 Å². The van der Waals surface area contributed by atoms with E-state index in [1.165, 1.54) is 25.7 Å². The number of aryl methyl sites for hydroxylation is 2. The molecule has 7 heteroatoms. The first-order valence-electron chi connectivity index (χ1n) is 12.5. The van der Waals surface area contributed by atoms with E-state index in [4.69, 9.17) is 4.98 Å². The summed E-state index contributed by atoms with van der Waals surface area (Å²) in [6.45, 7) is 4.02. The molecule has 2 aromatic carbocycles. The standard InChI is InChI=1S/C28H30N6O/c1-16-23(17(2)32-31-16)18-12-14-22(15-13-18)29-28(35)25(24(19-8-9-19)20-10-11-20)27-30-26(33-34-27)21-6-4-3-5-7-21/h3-7,12-15,19-20,24-25H,8-11H2,1-2H3,(H,29,35)(H,31,32)(H,30,33,34). The third-order valence-electron chi connectivity index (χ3n) is 7.40. The van der Waals surface area contributed by atoms with Gasteiger partial charge in [-0.3, -0.25) is 15.0 Å². The quantitative estimate of drug-likeness (QED) is 0.313. The molecule has 1 atom stereocenters. The van der Waals surface area contributed by atoms with Crippen molar-refractivity contribution in [2.45, 2.75) is 45.4 Å². The number of aromatic nitrogens is 5. The van der Waals surface area contributed by atoms with E-state index < -0.39 is 0 Å². The van der Waals surface area contributed by atoms with Crippen molar-refractivity contribution < 1.29 is 4.79 Å². The summed E-state index contributed by atoms with van der Waals surface area (Å²) in [6, 6.07) is 17.9. The van der Waals surface area contributed by atoms with Gasteiger partial charge < -0.3 is 5.32 Å². The van der Waals surface area contributed by atoms with Gasteiger partial charge in [0.1, 0.15) is 11.7 Å². The molecule has 0 bridgehead atoms. The number of carbonyl (C=O) groups excluding carboxylic acids is 1. The third kappa shape index (κ3) is 4.38. The fourth-order valence-corrected chi connectivity index (χ4v) is 5.42. The number of benzene rings is 2. The highest BCUT2D eigenvalue weighted by atomic mass is 16.2. The van der Waals surface area contributed by atoms with Gasteiger partial charge in [-0.25, -0.2) is 4.98 Å². The molecule has 2 aliphatic carbocycles. The summed E-state index contributed by atoms with van der Waals surface area (Å²) >= 11 is 0. The van der Waals surface area contributed by atoms with E-state index in [0.29, 0.717) is 29.4 Å². The second-order valence-electron chi connectivity index (χ2n) is 10.0. The Balaban J connectivity index is 1.28. The van der Waals surface area contributed by atoms with Crippen LogP contribution in [0, 0.1) is 31.6 Å². The molecule has 6 rings (SSSR count). The molecule has 1 amide bonds. The fourth-order valence-electron chi connectivity index (χ4n) is 5.42. The van der Waals surface area contributed by atoms with Gasteiger partial charge in [0.2, 0.25) is 5.91 Å². The molecule has 2 heterocycles. The molecular formula is C28H30N6O. The molecule has 7 nitrogen and oxygen atoms in total. The Morgan fingerprint density at radius 1 is 0.886 bits per heavy atom. The maximum absolute atomic E-state index is 13.8. The van der Waals surface area contributed by atoms with Crippen molar-refractivity contribution in [1.29, 1.82) is 0 Å². The van der Waals surface area contributed by atoms with Crippen molar-refractivity contribution in [1.82, 2.24) is 25.4 Å². The Morgan fingerprint density at radius 2 is 1.57 bits per heavy atom. The number of aromatic amines is 2. The number of rotatable bonds is 8. The molecule has 4 aromatic rings. The van der Waals surface area contributed by atoms with Gasteiger partial charge in [-0.1, -0.05) is 42.5 Å². The first kappa shape index (κ1) is 21.8. The number of H-pyrrole nitrogens is 2. The van der Waals surface area contributed by atoms with Crippen molar-refractivity contribution in [2.24, 2.45) is 17.8 Å². The monoisotopic (exact) mass is 466 g/mol. The maximum Gasteiger partial charge on any atom is 0.235 e. The minimum atomic E-state index is -0.335. The van der Waals surface area contributed by atoms with E-state index in [2.05, 4.69) is 25.7 Å². The van der Waals surface area contributed by atoms with Gasteiger partial charge in [-0.15, -0.1) is 0 Å². The summed E-state index contributed by atoms with van der Waals surface area (Å²) in [6.07, 6.45) is 4.79. The SMILES string of the molecule is Cc1n[nH]c(C)c1-c1ccc(NC(=O)C(c2nc(-c3ccccc3)n[nH]2)C(C2CC2)C2CC2)cc1. The molecule has 35 heavy (non-hydrogen) atoms. The lowest BCUT2D eigenvalue weighted by molar-refractivity contribution is -0.119. The van der Waals surface area contributed by atoms with Crippen molar-refractivity contribution in [3.63, 3.8) is 0 Å². The van der Waals surface area contributed by atoms with E-state index in [9.17, 15) is 4.79 Å². The second-order valence-corrected chi connectivity index (χ2v) is 10.0. The van der Waals surface area contributed by atoms with Gasteiger partial charge in [0.15, 0.2) is 5.82 Å². The minimum Gasteiger partial charge on any atom is -0.325 e. The predicted octanol–water partition coefficient (Wildman–Crippen LogP) is 5.64. The number of nitrogens with zero attached hydrogens (tertiary/aromatic N) is 3. The molecule has 0 aliphatic heterocycles. The van der Waals surface area contributed by atoms with Gasteiger partial charge in [-0.2, -0.15) is 10.2 Å². The molecule has 2 aromatic heterocycles. The third-order valence-corrected chi connectivity index (χ3v) is 7.40. The maximum atomic E-state index is 13.8. The highest BCUT2D eigenvalue weighted by Gasteiger charge is 2.49. The normalized spacial score (nSPS) is 16.4. The minimum absolute atomic E-state index is 0.00650.